The monoisotopic (exact) mass is 278 g/mol. The standard InChI is InChI=1S/C16H22O4/c1-8-10-11(12(18)9(2)16(8)5-6-16)14(20-4)15(3,7-17)13(10)19/h11-12,14,17-18H,2,5-7H2,1,3-4H3. The van der Waals surface area contributed by atoms with Gasteiger partial charge in [-0.25, -0.2) is 0 Å². The van der Waals surface area contributed by atoms with E-state index in [4.69, 9.17) is 4.74 Å². The second kappa shape index (κ2) is 4.03. The van der Waals surface area contributed by atoms with Crippen LogP contribution in [0.4, 0.5) is 0 Å². The van der Waals surface area contributed by atoms with Gasteiger partial charge in [0.05, 0.1) is 24.2 Å². The minimum atomic E-state index is -0.975. The predicted octanol–water partition coefficient (Wildman–Crippen LogP) is 1.23. The first kappa shape index (κ1) is 14.0. The summed E-state index contributed by atoms with van der Waals surface area (Å²) in [7, 11) is 1.53. The van der Waals surface area contributed by atoms with Crippen LogP contribution < -0.4 is 0 Å². The van der Waals surface area contributed by atoms with Crippen molar-refractivity contribution in [2.45, 2.75) is 38.9 Å². The predicted molar refractivity (Wildman–Crippen MR) is 74.0 cm³/mol. The van der Waals surface area contributed by atoms with E-state index in [1.165, 1.54) is 7.11 Å². The number of ether oxygens (including phenoxy) is 1. The van der Waals surface area contributed by atoms with Crippen LogP contribution in [-0.2, 0) is 9.53 Å². The van der Waals surface area contributed by atoms with E-state index in [9.17, 15) is 15.0 Å². The smallest absolute Gasteiger partial charge is 0.170 e. The van der Waals surface area contributed by atoms with E-state index >= 15 is 0 Å². The first-order chi connectivity index (χ1) is 9.35. The number of carbonyl (C=O) groups excluding carboxylic acids is 1. The zero-order valence-electron chi connectivity index (χ0n) is 12.3. The molecular weight excluding hydrogens is 256 g/mol. The first-order valence-corrected chi connectivity index (χ1v) is 7.12. The zero-order chi connectivity index (χ0) is 14.9. The van der Waals surface area contributed by atoms with Gasteiger partial charge in [-0.15, -0.1) is 0 Å². The fourth-order valence-electron chi connectivity index (χ4n) is 4.27. The third-order valence-electron chi connectivity index (χ3n) is 5.82. The normalized spacial score (nSPS) is 42.4. The Morgan fingerprint density at radius 1 is 1.45 bits per heavy atom. The summed E-state index contributed by atoms with van der Waals surface area (Å²) in [4.78, 5) is 12.8. The Kier molecular flexibility index (Phi) is 2.82. The lowest BCUT2D eigenvalue weighted by molar-refractivity contribution is -0.131. The maximum Gasteiger partial charge on any atom is 0.170 e. The molecule has 4 unspecified atom stereocenters. The van der Waals surface area contributed by atoms with Crippen molar-refractivity contribution in [3.05, 3.63) is 23.3 Å². The van der Waals surface area contributed by atoms with Gasteiger partial charge in [-0.1, -0.05) is 12.2 Å². The molecule has 3 aliphatic carbocycles. The number of allylic oxidation sites excluding steroid dienone is 1. The quantitative estimate of drug-likeness (QED) is 0.746. The zero-order valence-corrected chi connectivity index (χ0v) is 12.3. The van der Waals surface area contributed by atoms with Crippen LogP contribution >= 0.6 is 0 Å². The van der Waals surface area contributed by atoms with E-state index in [-0.39, 0.29) is 17.8 Å². The molecule has 3 rings (SSSR count). The lowest BCUT2D eigenvalue weighted by atomic mass is 9.71. The Morgan fingerprint density at radius 2 is 2.05 bits per heavy atom. The summed E-state index contributed by atoms with van der Waals surface area (Å²) in [5.74, 6) is -0.476. The Bertz CT molecular complexity index is 529. The Balaban J connectivity index is 2.21. The van der Waals surface area contributed by atoms with Gasteiger partial charge in [0.2, 0.25) is 0 Å². The number of hydrogen-bond acceptors (Lipinski definition) is 4. The third-order valence-corrected chi connectivity index (χ3v) is 5.82. The van der Waals surface area contributed by atoms with Crippen molar-refractivity contribution in [2.24, 2.45) is 16.7 Å². The van der Waals surface area contributed by atoms with Crippen molar-refractivity contribution in [1.82, 2.24) is 0 Å². The summed E-state index contributed by atoms with van der Waals surface area (Å²) in [5, 5.41) is 20.3. The van der Waals surface area contributed by atoms with Gasteiger partial charge in [0.25, 0.3) is 0 Å². The molecule has 0 aromatic heterocycles. The molecule has 20 heavy (non-hydrogen) atoms. The van der Waals surface area contributed by atoms with E-state index in [0.29, 0.717) is 5.57 Å². The third kappa shape index (κ3) is 1.35. The number of fused-ring (bicyclic) bond motifs is 1. The maximum atomic E-state index is 12.8. The van der Waals surface area contributed by atoms with Crippen LogP contribution in [0.25, 0.3) is 0 Å². The molecule has 2 N–H and O–H groups in total. The number of ketones is 1. The highest BCUT2D eigenvalue weighted by Gasteiger charge is 2.64. The summed E-state index contributed by atoms with van der Waals surface area (Å²) in [6.45, 7) is 7.49. The van der Waals surface area contributed by atoms with Crippen LogP contribution in [0.5, 0.6) is 0 Å². The van der Waals surface area contributed by atoms with Gasteiger partial charge in [-0.2, -0.15) is 0 Å². The van der Waals surface area contributed by atoms with Gasteiger partial charge >= 0.3 is 0 Å². The summed E-state index contributed by atoms with van der Waals surface area (Å²) < 4.78 is 5.50. The largest absolute Gasteiger partial charge is 0.395 e. The molecule has 1 spiro atoms. The number of aliphatic hydroxyl groups is 2. The SMILES string of the molecule is C=C1C(O)C2C(=C(C)C13CC3)C(=O)C(C)(CO)C2OC. The second-order valence-electron chi connectivity index (χ2n) is 6.68. The van der Waals surface area contributed by atoms with Gasteiger partial charge in [-0.3, -0.25) is 4.79 Å². The minimum Gasteiger partial charge on any atom is -0.395 e. The molecule has 0 bridgehead atoms. The van der Waals surface area contributed by atoms with Crippen LogP contribution in [-0.4, -0.2) is 41.9 Å². The van der Waals surface area contributed by atoms with Crippen molar-refractivity contribution in [3.63, 3.8) is 0 Å². The van der Waals surface area contributed by atoms with E-state index < -0.39 is 23.5 Å². The van der Waals surface area contributed by atoms with Crippen LogP contribution in [0.3, 0.4) is 0 Å². The van der Waals surface area contributed by atoms with Gasteiger partial charge in [0.1, 0.15) is 0 Å². The number of hydrogen-bond donors (Lipinski definition) is 2. The summed E-state index contributed by atoms with van der Waals surface area (Å²) in [6, 6.07) is 0. The van der Waals surface area contributed by atoms with Gasteiger partial charge in [0.15, 0.2) is 5.78 Å². The molecule has 2 fully saturated rings. The van der Waals surface area contributed by atoms with E-state index in [0.717, 1.165) is 24.0 Å². The van der Waals surface area contributed by atoms with Gasteiger partial charge < -0.3 is 14.9 Å². The van der Waals surface area contributed by atoms with Crippen molar-refractivity contribution in [1.29, 1.82) is 0 Å². The average Bonchev–Trinajstić information content (AvgIpc) is 3.20. The van der Waals surface area contributed by atoms with Crippen LogP contribution in [0.1, 0.15) is 26.7 Å². The van der Waals surface area contributed by atoms with Crippen molar-refractivity contribution in [2.75, 3.05) is 13.7 Å². The molecule has 2 saturated carbocycles. The Labute approximate surface area is 119 Å². The molecule has 3 aliphatic rings. The van der Waals surface area contributed by atoms with E-state index in [1.807, 2.05) is 6.92 Å². The number of aliphatic hydroxyl groups excluding tert-OH is 2. The minimum absolute atomic E-state index is 0.0767. The lowest BCUT2D eigenvalue weighted by Gasteiger charge is -2.38. The van der Waals surface area contributed by atoms with Gasteiger partial charge in [0, 0.05) is 24.0 Å². The van der Waals surface area contributed by atoms with E-state index in [1.54, 1.807) is 6.92 Å². The average molecular weight is 278 g/mol. The molecule has 0 aliphatic heterocycles. The molecule has 4 heteroatoms. The van der Waals surface area contributed by atoms with Crippen LogP contribution in [0.15, 0.2) is 23.3 Å². The van der Waals surface area contributed by atoms with E-state index in [2.05, 4.69) is 6.58 Å². The van der Waals surface area contributed by atoms with Crippen molar-refractivity contribution in [3.8, 4) is 0 Å². The fourth-order valence-corrected chi connectivity index (χ4v) is 4.27. The lowest BCUT2D eigenvalue weighted by Crippen LogP contribution is -2.43. The molecule has 110 valence electrons. The topological polar surface area (TPSA) is 66.8 Å². The molecule has 0 saturated heterocycles. The van der Waals surface area contributed by atoms with Gasteiger partial charge in [-0.05, 0) is 32.3 Å². The molecule has 4 atom stereocenters. The van der Waals surface area contributed by atoms with Crippen molar-refractivity contribution >= 4 is 5.78 Å². The van der Waals surface area contributed by atoms with Crippen LogP contribution in [0, 0.1) is 16.7 Å². The number of rotatable bonds is 2. The fraction of sp³-hybridized carbons (Fsp3) is 0.688. The number of carbonyl (C=O) groups is 1. The second-order valence-corrected chi connectivity index (χ2v) is 6.68. The molecule has 0 radical (unpaired) electrons. The molecule has 0 aromatic carbocycles. The number of Topliss-reactive ketones (excluding diaryl/α,β-unsaturated/α-hetero) is 1. The maximum absolute atomic E-state index is 12.8. The number of methoxy groups -OCH3 is 1. The molecule has 0 aromatic rings. The molecular formula is C16H22O4. The first-order valence-electron chi connectivity index (χ1n) is 7.12. The highest BCUT2D eigenvalue weighted by molar-refractivity contribution is 6.05. The summed E-state index contributed by atoms with van der Waals surface area (Å²) in [6.07, 6.45) is 0.628. The Hall–Kier alpha value is -0.970. The Morgan fingerprint density at radius 3 is 2.50 bits per heavy atom. The molecule has 4 nitrogen and oxygen atoms in total. The molecule has 0 heterocycles. The molecule has 0 amide bonds. The summed E-state index contributed by atoms with van der Waals surface area (Å²) in [5.41, 5.74) is 1.35. The summed E-state index contributed by atoms with van der Waals surface area (Å²) >= 11 is 0. The highest BCUT2D eigenvalue weighted by atomic mass is 16.5. The van der Waals surface area contributed by atoms with Crippen LogP contribution in [0.2, 0.25) is 0 Å². The van der Waals surface area contributed by atoms with Crippen molar-refractivity contribution < 1.29 is 19.7 Å². The highest BCUT2D eigenvalue weighted by Crippen LogP contribution is 2.65.